The Morgan fingerprint density at radius 1 is 0.926 bits per heavy atom. The second-order valence-electron chi connectivity index (χ2n) is 6.44. The average Bonchev–Trinajstić information content (AvgIpc) is 2.71. The van der Waals surface area contributed by atoms with Crippen LogP contribution in [-0.4, -0.2) is 7.11 Å². The van der Waals surface area contributed by atoms with Crippen LogP contribution in [0.2, 0.25) is 10.0 Å². The highest BCUT2D eigenvalue weighted by Gasteiger charge is 2.26. The Hall–Kier alpha value is -2.40. The molecule has 6 heteroatoms. The van der Waals surface area contributed by atoms with E-state index in [1.165, 1.54) is 26.4 Å². The van der Waals surface area contributed by atoms with Crippen molar-refractivity contribution in [3.63, 3.8) is 0 Å². The van der Waals surface area contributed by atoms with E-state index < -0.39 is 0 Å². The first-order chi connectivity index (χ1) is 13.1. The number of methoxy groups -OCH3 is 1. The summed E-state index contributed by atoms with van der Waals surface area (Å²) in [6.45, 7) is 0. The molecule has 27 heavy (non-hydrogen) atoms. The lowest BCUT2D eigenvalue weighted by Crippen LogP contribution is -2.06. The van der Waals surface area contributed by atoms with Gasteiger partial charge in [0.15, 0.2) is 11.5 Å². The fourth-order valence-corrected chi connectivity index (χ4v) is 4.12. The Morgan fingerprint density at radius 2 is 1.52 bits per heavy atom. The molecule has 1 aliphatic rings. The van der Waals surface area contributed by atoms with Crippen molar-refractivity contribution in [3.05, 3.63) is 51.0 Å². The Morgan fingerprint density at radius 3 is 2.11 bits per heavy atom. The standard InChI is InChI=1S/C21H18Cl2N2O2/c1-26-20-18(22)15(11-24)16(12-25)19(23)21(20)27-17-10-6-5-9-14(17)13-7-3-2-4-8-13/h5-6,9-10,13H,2-4,7-8H2,1H3. The lowest BCUT2D eigenvalue weighted by Gasteiger charge is -2.24. The van der Waals surface area contributed by atoms with Crippen LogP contribution in [0.3, 0.4) is 0 Å². The summed E-state index contributed by atoms with van der Waals surface area (Å²) in [6, 6.07) is 11.7. The van der Waals surface area contributed by atoms with Crippen molar-refractivity contribution in [2.45, 2.75) is 38.0 Å². The monoisotopic (exact) mass is 400 g/mol. The van der Waals surface area contributed by atoms with Gasteiger partial charge in [-0.25, -0.2) is 0 Å². The predicted octanol–water partition coefficient (Wildman–Crippen LogP) is 6.59. The molecule has 1 aliphatic carbocycles. The molecule has 0 N–H and O–H groups in total. The first-order valence-corrected chi connectivity index (χ1v) is 9.53. The topological polar surface area (TPSA) is 66.0 Å². The van der Waals surface area contributed by atoms with Crippen LogP contribution in [0.15, 0.2) is 24.3 Å². The zero-order chi connectivity index (χ0) is 19.4. The van der Waals surface area contributed by atoms with Crippen LogP contribution in [-0.2, 0) is 0 Å². The summed E-state index contributed by atoms with van der Waals surface area (Å²) in [5.74, 6) is 1.39. The molecule has 3 rings (SSSR count). The molecular formula is C21H18Cl2N2O2. The predicted molar refractivity (Wildman–Crippen MR) is 105 cm³/mol. The number of hydrogen-bond donors (Lipinski definition) is 0. The maximum Gasteiger partial charge on any atom is 0.190 e. The van der Waals surface area contributed by atoms with Gasteiger partial charge in [0.1, 0.15) is 27.9 Å². The van der Waals surface area contributed by atoms with E-state index in [2.05, 4.69) is 6.07 Å². The molecule has 0 radical (unpaired) electrons. The summed E-state index contributed by atoms with van der Waals surface area (Å²) >= 11 is 12.7. The number of halogens is 2. The minimum atomic E-state index is -0.0195. The highest BCUT2D eigenvalue weighted by molar-refractivity contribution is 6.37. The zero-order valence-electron chi connectivity index (χ0n) is 14.9. The molecule has 4 nitrogen and oxygen atoms in total. The first-order valence-electron chi connectivity index (χ1n) is 8.78. The molecule has 0 bridgehead atoms. The molecule has 0 saturated heterocycles. The third-order valence-corrected chi connectivity index (χ3v) is 5.62. The van der Waals surface area contributed by atoms with Crippen LogP contribution in [0.1, 0.15) is 54.7 Å². The number of ether oxygens (including phenoxy) is 2. The van der Waals surface area contributed by atoms with Gasteiger partial charge >= 0.3 is 0 Å². The van der Waals surface area contributed by atoms with E-state index in [-0.39, 0.29) is 32.7 Å². The highest BCUT2D eigenvalue weighted by Crippen LogP contribution is 2.48. The third-order valence-electron chi connectivity index (χ3n) is 4.90. The minimum Gasteiger partial charge on any atom is -0.491 e. The summed E-state index contributed by atoms with van der Waals surface area (Å²) in [5, 5.41) is 18.8. The Labute approximate surface area is 168 Å². The number of nitrogens with zero attached hydrogens (tertiary/aromatic N) is 2. The quantitative estimate of drug-likeness (QED) is 0.580. The van der Waals surface area contributed by atoms with Crippen molar-refractivity contribution >= 4 is 23.2 Å². The molecule has 2 aromatic carbocycles. The second-order valence-corrected chi connectivity index (χ2v) is 7.19. The van der Waals surface area contributed by atoms with Crippen molar-refractivity contribution in [2.24, 2.45) is 0 Å². The third kappa shape index (κ3) is 3.69. The molecule has 0 heterocycles. The lowest BCUT2D eigenvalue weighted by molar-refractivity contribution is 0.372. The van der Waals surface area contributed by atoms with E-state index >= 15 is 0 Å². The van der Waals surface area contributed by atoms with Crippen LogP contribution in [0.25, 0.3) is 0 Å². The van der Waals surface area contributed by atoms with Gasteiger partial charge in [0.25, 0.3) is 0 Å². The lowest BCUT2D eigenvalue weighted by atomic mass is 9.84. The zero-order valence-corrected chi connectivity index (χ0v) is 16.4. The van der Waals surface area contributed by atoms with Crippen molar-refractivity contribution in [1.82, 2.24) is 0 Å². The SMILES string of the molecule is COc1c(Cl)c(C#N)c(C#N)c(Cl)c1Oc1ccccc1C1CCCCC1. The molecule has 138 valence electrons. The summed E-state index contributed by atoms with van der Waals surface area (Å²) in [4.78, 5) is 0. The maximum absolute atomic E-state index is 9.43. The van der Waals surface area contributed by atoms with Crippen LogP contribution >= 0.6 is 23.2 Å². The number of para-hydroxylation sites is 1. The number of rotatable bonds is 4. The molecule has 0 unspecified atom stereocenters. The normalized spacial score (nSPS) is 14.3. The van der Waals surface area contributed by atoms with E-state index in [0.717, 1.165) is 18.4 Å². The summed E-state index contributed by atoms with van der Waals surface area (Å²) < 4.78 is 11.5. The molecule has 2 aromatic rings. The largest absolute Gasteiger partial charge is 0.491 e. The number of hydrogen-bond acceptors (Lipinski definition) is 4. The Kier molecular flexibility index (Phi) is 6.11. The van der Waals surface area contributed by atoms with Crippen LogP contribution in [0.5, 0.6) is 17.2 Å². The van der Waals surface area contributed by atoms with Crippen molar-refractivity contribution < 1.29 is 9.47 Å². The van der Waals surface area contributed by atoms with Crippen molar-refractivity contribution in [3.8, 4) is 29.4 Å². The summed E-state index contributed by atoms with van der Waals surface area (Å²) in [5.41, 5.74) is 1.07. The Balaban J connectivity index is 2.11. The smallest absolute Gasteiger partial charge is 0.190 e. The Bertz CT molecular complexity index is 935. The van der Waals surface area contributed by atoms with Crippen molar-refractivity contribution in [1.29, 1.82) is 10.5 Å². The van der Waals surface area contributed by atoms with Gasteiger partial charge in [-0.3, -0.25) is 0 Å². The fraction of sp³-hybridized carbons (Fsp3) is 0.333. The van der Waals surface area contributed by atoms with E-state index in [0.29, 0.717) is 11.7 Å². The molecule has 0 amide bonds. The van der Waals surface area contributed by atoms with Gasteiger partial charge in [-0.15, -0.1) is 0 Å². The van der Waals surface area contributed by atoms with Gasteiger partial charge in [-0.05, 0) is 30.4 Å². The van der Waals surface area contributed by atoms with Crippen LogP contribution in [0.4, 0.5) is 0 Å². The fourth-order valence-electron chi connectivity index (χ4n) is 3.56. The maximum atomic E-state index is 9.43. The molecule has 0 spiro atoms. The van der Waals surface area contributed by atoms with E-state index in [1.54, 1.807) is 0 Å². The first kappa shape index (κ1) is 19.4. The van der Waals surface area contributed by atoms with Gasteiger partial charge in [0, 0.05) is 0 Å². The van der Waals surface area contributed by atoms with E-state index in [4.69, 9.17) is 32.7 Å². The molecule has 1 saturated carbocycles. The molecular weight excluding hydrogens is 383 g/mol. The molecule has 0 aromatic heterocycles. The van der Waals surface area contributed by atoms with Gasteiger partial charge in [0.05, 0.1) is 18.2 Å². The second kappa shape index (κ2) is 8.53. The average molecular weight is 401 g/mol. The molecule has 0 aliphatic heterocycles. The highest BCUT2D eigenvalue weighted by atomic mass is 35.5. The van der Waals surface area contributed by atoms with Gasteiger partial charge in [0.2, 0.25) is 0 Å². The number of nitriles is 2. The molecule has 1 fully saturated rings. The minimum absolute atomic E-state index is 0.0184. The summed E-state index contributed by atoms with van der Waals surface area (Å²) in [7, 11) is 1.42. The number of benzene rings is 2. The van der Waals surface area contributed by atoms with Crippen LogP contribution < -0.4 is 9.47 Å². The van der Waals surface area contributed by atoms with E-state index in [1.807, 2.05) is 30.3 Å². The van der Waals surface area contributed by atoms with Gasteiger partial charge in [-0.2, -0.15) is 10.5 Å². The van der Waals surface area contributed by atoms with Crippen molar-refractivity contribution in [2.75, 3.05) is 7.11 Å². The van der Waals surface area contributed by atoms with E-state index in [9.17, 15) is 10.5 Å². The summed E-state index contributed by atoms with van der Waals surface area (Å²) in [6.07, 6.45) is 5.89. The molecule has 0 atom stereocenters. The van der Waals surface area contributed by atoms with Gasteiger partial charge in [-0.1, -0.05) is 60.7 Å². The van der Waals surface area contributed by atoms with Gasteiger partial charge < -0.3 is 9.47 Å². The van der Waals surface area contributed by atoms with Crippen LogP contribution in [0, 0.1) is 22.7 Å².